The van der Waals surface area contributed by atoms with Gasteiger partial charge in [-0.25, -0.2) is 4.79 Å². The Morgan fingerprint density at radius 2 is 2.21 bits per heavy atom. The highest BCUT2D eigenvalue weighted by molar-refractivity contribution is 5.56. The highest BCUT2D eigenvalue weighted by Crippen LogP contribution is 2.19. The van der Waals surface area contributed by atoms with Crippen molar-refractivity contribution in [3.8, 4) is 17.1 Å². The lowest BCUT2D eigenvalue weighted by molar-refractivity contribution is 0.452. The highest BCUT2D eigenvalue weighted by atomic mass is 16.4. The molecule has 0 aliphatic carbocycles. The van der Waals surface area contributed by atoms with Gasteiger partial charge < -0.3 is 9.52 Å². The summed E-state index contributed by atoms with van der Waals surface area (Å²) in [6.45, 7) is 0. The van der Waals surface area contributed by atoms with Crippen molar-refractivity contribution in [3.63, 3.8) is 0 Å². The number of hydrogen-bond acceptors (Lipinski definition) is 4. The predicted octanol–water partition coefficient (Wildman–Crippen LogP) is 1.41. The molecule has 2 heterocycles. The van der Waals surface area contributed by atoms with Crippen molar-refractivity contribution in [2.45, 2.75) is 0 Å². The molecule has 2 aromatic rings. The van der Waals surface area contributed by atoms with Crippen LogP contribution in [0.25, 0.3) is 11.3 Å². The van der Waals surface area contributed by atoms with E-state index in [9.17, 15) is 9.90 Å². The summed E-state index contributed by atoms with van der Waals surface area (Å²) in [6, 6.07) is 5.85. The van der Waals surface area contributed by atoms with Gasteiger partial charge in [-0.05, 0) is 12.1 Å². The molecule has 4 heteroatoms. The quantitative estimate of drug-likeness (QED) is 0.736. The van der Waals surface area contributed by atoms with E-state index in [0.717, 1.165) is 6.07 Å². The van der Waals surface area contributed by atoms with Crippen LogP contribution >= 0.6 is 0 Å². The fraction of sp³-hybridized carbons (Fsp3) is 0. The van der Waals surface area contributed by atoms with E-state index in [1.807, 2.05) is 0 Å². The number of hydrogen-bond donors (Lipinski definition) is 1. The molecule has 0 fully saturated rings. The van der Waals surface area contributed by atoms with E-state index < -0.39 is 5.63 Å². The highest BCUT2D eigenvalue weighted by Gasteiger charge is 2.02. The molecule has 2 aromatic heterocycles. The van der Waals surface area contributed by atoms with E-state index in [-0.39, 0.29) is 5.75 Å². The van der Waals surface area contributed by atoms with E-state index in [0.29, 0.717) is 11.3 Å². The first kappa shape index (κ1) is 8.50. The summed E-state index contributed by atoms with van der Waals surface area (Å²) in [5.41, 5.74) is 0.0735. The molecular formula is C10H7NO3. The summed E-state index contributed by atoms with van der Waals surface area (Å²) in [6.07, 6.45) is 3.17. The molecule has 0 aliphatic heterocycles. The molecule has 0 aromatic carbocycles. The maximum Gasteiger partial charge on any atom is 0.339 e. The second-order valence-electron chi connectivity index (χ2n) is 2.74. The van der Waals surface area contributed by atoms with Crippen LogP contribution in [0, 0.1) is 0 Å². The first-order valence-electron chi connectivity index (χ1n) is 4.00. The van der Waals surface area contributed by atoms with Gasteiger partial charge in [-0.2, -0.15) is 0 Å². The molecule has 0 radical (unpaired) electrons. The summed E-state index contributed by atoms with van der Waals surface area (Å²) in [5.74, 6) is 0.197. The van der Waals surface area contributed by atoms with Crippen molar-refractivity contribution in [1.82, 2.24) is 4.98 Å². The molecule has 0 aliphatic rings. The Hall–Kier alpha value is -2.10. The number of aromatic hydroxyl groups is 1. The third-order valence-corrected chi connectivity index (χ3v) is 1.70. The van der Waals surface area contributed by atoms with Gasteiger partial charge in [-0.1, -0.05) is 0 Å². The van der Waals surface area contributed by atoms with Crippen molar-refractivity contribution in [2.75, 3.05) is 0 Å². The van der Waals surface area contributed by atoms with Crippen LogP contribution < -0.4 is 5.63 Å². The van der Waals surface area contributed by atoms with Crippen molar-refractivity contribution in [2.24, 2.45) is 0 Å². The normalized spacial score (nSPS) is 10.0. The molecule has 0 amide bonds. The fourth-order valence-corrected chi connectivity index (χ4v) is 1.11. The molecule has 0 saturated heterocycles. The standard InChI is InChI=1S/C10H7NO3/c12-8-4-9(14-10(13)5-8)7-2-1-3-11-6-7/h1-6,12H. The Labute approximate surface area is 79.5 Å². The smallest absolute Gasteiger partial charge is 0.339 e. The lowest BCUT2D eigenvalue weighted by Gasteiger charge is -1.98. The summed E-state index contributed by atoms with van der Waals surface area (Å²) in [7, 11) is 0. The minimum atomic E-state index is -0.580. The van der Waals surface area contributed by atoms with Crippen LogP contribution in [0.2, 0.25) is 0 Å². The fourth-order valence-electron chi connectivity index (χ4n) is 1.11. The third-order valence-electron chi connectivity index (χ3n) is 1.70. The van der Waals surface area contributed by atoms with Crippen LogP contribution in [-0.4, -0.2) is 10.1 Å². The van der Waals surface area contributed by atoms with Crippen molar-refractivity contribution in [1.29, 1.82) is 0 Å². The Balaban J connectivity index is 2.58. The van der Waals surface area contributed by atoms with Crippen molar-refractivity contribution < 1.29 is 9.52 Å². The minimum Gasteiger partial charge on any atom is -0.508 e. The second-order valence-corrected chi connectivity index (χ2v) is 2.74. The first-order chi connectivity index (χ1) is 6.75. The average molecular weight is 189 g/mol. The van der Waals surface area contributed by atoms with E-state index in [1.165, 1.54) is 6.07 Å². The first-order valence-corrected chi connectivity index (χ1v) is 4.00. The van der Waals surface area contributed by atoms with Gasteiger partial charge in [-0.15, -0.1) is 0 Å². The zero-order valence-electron chi connectivity index (χ0n) is 7.18. The lowest BCUT2D eigenvalue weighted by Crippen LogP contribution is -1.96. The van der Waals surface area contributed by atoms with Crippen molar-refractivity contribution >= 4 is 0 Å². The zero-order valence-corrected chi connectivity index (χ0v) is 7.18. The van der Waals surface area contributed by atoms with E-state index in [4.69, 9.17) is 4.42 Å². The van der Waals surface area contributed by atoms with Crippen LogP contribution in [0.1, 0.15) is 0 Å². The van der Waals surface area contributed by atoms with Gasteiger partial charge in [-0.3, -0.25) is 4.98 Å². The van der Waals surface area contributed by atoms with Gasteiger partial charge in [0.05, 0.1) is 6.07 Å². The molecule has 0 saturated carbocycles. The summed E-state index contributed by atoms with van der Waals surface area (Å²) >= 11 is 0. The molecule has 0 bridgehead atoms. The molecule has 4 nitrogen and oxygen atoms in total. The zero-order chi connectivity index (χ0) is 9.97. The molecule has 70 valence electrons. The van der Waals surface area contributed by atoms with E-state index >= 15 is 0 Å². The molecule has 0 atom stereocenters. The minimum absolute atomic E-state index is 0.111. The van der Waals surface area contributed by atoms with Crippen LogP contribution in [0.4, 0.5) is 0 Å². The van der Waals surface area contributed by atoms with Crippen LogP contribution in [-0.2, 0) is 0 Å². The van der Waals surface area contributed by atoms with Gasteiger partial charge in [0.15, 0.2) is 0 Å². The summed E-state index contributed by atoms with van der Waals surface area (Å²) < 4.78 is 4.89. The van der Waals surface area contributed by atoms with Gasteiger partial charge >= 0.3 is 5.63 Å². The van der Waals surface area contributed by atoms with Crippen LogP contribution in [0.15, 0.2) is 45.9 Å². The summed E-state index contributed by atoms with van der Waals surface area (Å²) in [5, 5.41) is 9.17. The lowest BCUT2D eigenvalue weighted by atomic mass is 10.2. The van der Waals surface area contributed by atoms with Gasteiger partial charge in [0.2, 0.25) is 0 Å². The van der Waals surface area contributed by atoms with E-state index in [1.54, 1.807) is 24.5 Å². The molecule has 2 rings (SSSR count). The molecule has 0 spiro atoms. The Bertz CT molecular complexity index is 490. The van der Waals surface area contributed by atoms with Gasteiger partial charge in [0, 0.05) is 24.0 Å². The number of aromatic nitrogens is 1. The van der Waals surface area contributed by atoms with E-state index in [2.05, 4.69) is 4.98 Å². The SMILES string of the molecule is O=c1cc(O)cc(-c2cccnc2)o1. The Morgan fingerprint density at radius 3 is 2.86 bits per heavy atom. The van der Waals surface area contributed by atoms with Gasteiger partial charge in [0.25, 0.3) is 0 Å². The number of pyridine rings is 1. The second kappa shape index (κ2) is 3.33. The molecule has 1 N–H and O–H groups in total. The average Bonchev–Trinajstić information content (AvgIpc) is 2.18. The van der Waals surface area contributed by atoms with Crippen molar-refractivity contribution in [3.05, 3.63) is 47.1 Å². The molecule has 14 heavy (non-hydrogen) atoms. The molecule has 0 unspecified atom stereocenters. The van der Waals surface area contributed by atoms with Crippen LogP contribution in [0.3, 0.4) is 0 Å². The largest absolute Gasteiger partial charge is 0.508 e. The summed E-state index contributed by atoms with van der Waals surface area (Å²) in [4.78, 5) is 14.8. The number of rotatable bonds is 1. The van der Waals surface area contributed by atoms with Crippen LogP contribution in [0.5, 0.6) is 5.75 Å². The maximum atomic E-state index is 10.9. The Morgan fingerprint density at radius 1 is 1.36 bits per heavy atom. The number of nitrogens with zero attached hydrogens (tertiary/aromatic N) is 1. The topological polar surface area (TPSA) is 63.3 Å². The predicted molar refractivity (Wildman–Crippen MR) is 49.9 cm³/mol. The molecular weight excluding hydrogens is 182 g/mol. The Kier molecular flexibility index (Phi) is 2.02. The maximum absolute atomic E-state index is 10.9. The monoisotopic (exact) mass is 189 g/mol. The van der Waals surface area contributed by atoms with Gasteiger partial charge in [0.1, 0.15) is 11.5 Å². The third kappa shape index (κ3) is 1.64.